The number of rotatable bonds is 2. The normalized spacial score (nSPS) is 38.5. The first-order valence-electron chi connectivity index (χ1n) is 6.53. The lowest BCUT2D eigenvalue weighted by molar-refractivity contribution is -0.623. The van der Waals surface area contributed by atoms with Gasteiger partial charge in [-0.3, -0.25) is 11.1 Å². The van der Waals surface area contributed by atoms with Crippen LogP contribution in [0.25, 0.3) is 0 Å². The Kier molecular flexibility index (Phi) is 2.89. The largest absolute Gasteiger partial charge is 0.446 e. The molecule has 0 bridgehead atoms. The third-order valence-electron chi connectivity index (χ3n) is 4.24. The number of guanidine groups is 2. The molecule has 3 rings (SSSR count). The number of amides is 1. The molecule has 1 amide bonds. The minimum Gasteiger partial charge on any atom is -0.446 e. The molecule has 0 aromatic carbocycles. The van der Waals surface area contributed by atoms with Crippen molar-refractivity contribution in [1.29, 1.82) is 0 Å². The molecule has 0 aliphatic carbocycles. The van der Waals surface area contributed by atoms with Gasteiger partial charge in [-0.15, -0.1) is 0 Å². The second-order valence-corrected chi connectivity index (χ2v) is 5.47. The van der Waals surface area contributed by atoms with Crippen molar-refractivity contribution in [1.82, 2.24) is 10.6 Å². The molecule has 12 nitrogen and oxygen atoms in total. The van der Waals surface area contributed by atoms with Gasteiger partial charge in [-0.1, -0.05) is 0 Å². The van der Waals surface area contributed by atoms with Gasteiger partial charge in [0.05, 0.1) is 0 Å². The molecule has 0 aromatic heterocycles. The lowest BCUT2D eigenvalue weighted by Crippen LogP contribution is -2.78. The number of nitrogens with one attached hydrogen (secondary N) is 2. The molecule has 0 saturated carbocycles. The average molecular weight is 316 g/mol. The zero-order valence-electron chi connectivity index (χ0n) is 11.4. The molecule has 122 valence electrons. The van der Waals surface area contributed by atoms with Crippen LogP contribution < -0.4 is 27.8 Å². The average Bonchev–Trinajstić information content (AvgIpc) is 2.86. The quantitative estimate of drug-likeness (QED) is 0.180. The van der Waals surface area contributed by atoms with E-state index in [1.54, 1.807) is 0 Å². The summed E-state index contributed by atoms with van der Waals surface area (Å²) in [5.74, 6) is -2.59. The highest BCUT2D eigenvalue weighted by molar-refractivity contribution is 5.83. The summed E-state index contributed by atoms with van der Waals surface area (Å²) >= 11 is 0. The van der Waals surface area contributed by atoms with Gasteiger partial charge in [0.1, 0.15) is 25.3 Å². The molecule has 1 saturated heterocycles. The maximum Gasteiger partial charge on any atom is 0.404 e. The van der Waals surface area contributed by atoms with Gasteiger partial charge in [0.2, 0.25) is 5.66 Å². The van der Waals surface area contributed by atoms with Crippen molar-refractivity contribution in [3.8, 4) is 0 Å². The van der Waals surface area contributed by atoms with Crippen LogP contribution in [0.4, 0.5) is 4.79 Å². The summed E-state index contributed by atoms with van der Waals surface area (Å²) in [5.41, 5.74) is 14.8. The Morgan fingerprint density at radius 2 is 2.18 bits per heavy atom. The molecular weight excluding hydrogens is 298 g/mol. The summed E-state index contributed by atoms with van der Waals surface area (Å²) in [6, 6.07) is -1.62. The van der Waals surface area contributed by atoms with Gasteiger partial charge in [-0.25, -0.2) is 14.4 Å². The summed E-state index contributed by atoms with van der Waals surface area (Å²) in [7, 11) is 0. The number of aliphatic hydroxyl groups is 3. The molecule has 1 fully saturated rings. The van der Waals surface area contributed by atoms with E-state index in [0.29, 0.717) is 0 Å². The van der Waals surface area contributed by atoms with Crippen molar-refractivity contribution >= 4 is 18.0 Å². The van der Waals surface area contributed by atoms with Crippen LogP contribution in [0, 0.1) is 0 Å². The fraction of sp³-hybridized carbons (Fsp3) is 0.700. The number of hydrogen-bond donors (Lipinski definition) is 8. The highest BCUT2D eigenvalue weighted by Gasteiger charge is 2.74. The second-order valence-electron chi connectivity index (χ2n) is 5.47. The molecule has 0 unspecified atom stereocenters. The Balaban J connectivity index is 2.05. The molecule has 0 radical (unpaired) electrons. The van der Waals surface area contributed by atoms with Crippen molar-refractivity contribution in [2.75, 3.05) is 13.2 Å². The minimum absolute atomic E-state index is 0.0516. The van der Waals surface area contributed by atoms with E-state index in [9.17, 15) is 20.1 Å². The molecule has 3 aliphatic rings. The topological polar surface area (TPSA) is 204 Å². The van der Waals surface area contributed by atoms with Crippen molar-refractivity contribution in [2.24, 2.45) is 22.2 Å². The number of hydrogen-bond acceptors (Lipinski definition) is 10. The van der Waals surface area contributed by atoms with E-state index in [4.69, 9.17) is 21.9 Å². The van der Waals surface area contributed by atoms with E-state index < -0.39 is 35.7 Å². The predicted octanol–water partition coefficient (Wildman–Crippen LogP) is -5.58. The van der Waals surface area contributed by atoms with Gasteiger partial charge in [-0.2, -0.15) is 0 Å². The van der Waals surface area contributed by atoms with Gasteiger partial charge < -0.3 is 36.8 Å². The summed E-state index contributed by atoms with van der Waals surface area (Å²) < 4.78 is 6.08. The first-order valence-corrected chi connectivity index (χ1v) is 6.53. The first-order chi connectivity index (χ1) is 10.2. The predicted molar refractivity (Wildman–Crippen MR) is 71.2 cm³/mol. The van der Waals surface area contributed by atoms with Crippen LogP contribution in [0.15, 0.2) is 4.99 Å². The van der Waals surface area contributed by atoms with Crippen LogP contribution in [0.2, 0.25) is 0 Å². The molecule has 11 N–H and O–H groups in total. The number of nitrogens with zero attached hydrogens (tertiary/aromatic N) is 2. The van der Waals surface area contributed by atoms with E-state index in [-0.39, 0.29) is 25.1 Å². The number of carbonyl (C=O) groups excluding carboxylic acids is 1. The van der Waals surface area contributed by atoms with Crippen molar-refractivity contribution in [2.45, 2.75) is 29.6 Å². The Morgan fingerprint density at radius 3 is 2.82 bits per heavy atom. The van der Waals surface area contributed by atoms with E-state index in [2.05, 4.69) is 15.6 Å². The highest BCUT2D eigenvalue weighted by atomic mass is 16.5. The highest BCUT2D eigenvalue weighted by Crippen LogP contribution is 2.41. The van der Waals surface area contributed by atoms with Crippen LogP contribution in [0.1, 0.15) is 0 Å². The lowest BCUT2D eigenvalue weighted by atomic mass is 9.86. The van der Waals surface area contributed by atoms with Gasteiger partial charge >= 0.3 is 12.1 Å². The van der Waals surface area contributed by atoms with Crippen LogP contribution >= 0.6 is 0 Å². The van der Waals surface area contributed by atoms with Crippen LogP contribution in [0.3, 0.4) is 0 Å². The summed E-state index contributed by atoms with van der Waals surface area (Å²) in [6.07, 6.45) is -2.51. The molecule has 4 atom stereocenters. The van der Waals surface area contributed by atoms with E-state index in [1.807, 2.05) is 0 Å². The summed E-state index contributed by atoms with van der Waals surface area (Å²) in [5, 5.41) is 36.3. The van der Waals surface area contributed by atoms with Crippen LogP contribution in [-0.4, -0.2) is 80.7 Å². The number of primary amides is 1. The van der Waals surface area contributed by atoms with Crippen LogP contribution in [0.5, 0.6) is 0 Å². The number of ether oxygens (including phenoxy) is 1. The smallest absolute Gasteiger partial charge is 0.404 e. The Hall–Kier alpha value is -2.31. The molecule has 12 heteroatoms. The SMILES string of the molecule is NC(=O)OC[C@@H]1NC(N)=[N+]2C[C@@H](O)C(O)(O)[C@@]23NC(N)=N[C@@H]13. The van der Waals surface area contributed by atoms with Gasteiger partial charge in [0, 0.05) is 0 Å². The van der Waals surface area contributed by atoms with Crippen LogP contribution in [-0.2, 0) is 4.74 Å². The second kappa shape index (κ2) is 4.34. The maximum atomic E-state index is 10.8. The van der Waals surface area contributed by atoms with E-state index in [1.165, 1.54) is 4.58 Å². The monoisotopic (exact) mass is 316 g/mol. The van der Waals surface area contributed by atoms with E-state index >= 15 is 0 Å². The zero-order chi connectivity index (χ0) is 16.3. The maximum absolute atomic E-state index is 10.8. The molecule has 22 heavy (non-hydrogen) atoms. The molecule has 3 heterocycles. The first kappa shape index (κ1) is 14.6. The molecular formula is C10H18N7O5+. The molecule has 1 spiro atoms. The third-order valence-corrected chi connectivity index (χ3v) is 4.24. The molecule has 3 aliphatic heterocycles. The Bertz CT molecular complexity index is 590. The molecule has 0 aromatic rings. The standard InChI is InChI=1S/C10H17N7O5/c11-6-15-5-3(2-22-8(13)19)14-7(12)17-1-4(18)10(20,21)9(5,17)16-6/h3-5,18,20-21H,1-2H2,(H7,11,12,13,14,15,16,19)/p+1/t3-,4+,5-,9-/m0/s1. The fourth-order valence-electron chi connectivity index (χ4n) is 3.30. The third kappa shape index (κ3) is 1.65. The van der Waals surface area contributed by atoms with Gasteiger partial charge in [0.15, 0.2) is 12.0 Å². The van der Waals surface area contributed by atoms with Crippen molar-refractivity contribution < 1.29 is 29.4 Å². The van der Waals surface area contributed by atoms with Gasteiger partial charge in [0.25, 0.3) is 5.79 Å². The zero-order valence-corrected chi connectivity index (χ0v) is 11.4. The van der Waals surface area contributed by atoms with Crippen molar-refractivity contribution in [3.63, 3.8) is 0 Å². The van der Waals surface area contributed by atoms with Crippen molar-refractivity contribution in [3.05, 3.63) is 0 Å². The minimum atomic E-state index is -2.58. The lowest BCUT2D eigenvalue weighted by Gasteiger charge is -2.42. The number of carbonyl (C=O) groups is 1. The Morgan fingerprint density at radius 1 is 1.50 bits per heavy atom. The Labute approximate surface area is 124 Å². The van der Waals surface area contributed by atoms with E-state index in [0.717, 1.165) is 0 Å². The summed E-state index contributed by atoms with van der Waals surface area (Å²) in [4.78, 5) is 14.9. The number of aliphatic imine (C=N–C) groups is 1. The summed E-state index contributed by atoms with van der Waals surface area (Å²) in [6.45, 7) is -0.373. The number of aliphatic hydroxyl groups excluding tert-OH is 1. The number of nitrogens with two attached hydrogens (primary N) is 3. The van der Waals surface area contributed by atoms with Gasteiger partial charge in [-0.05, 0) is 0 Å². The fourth-order valence-corrected chi connectivity index (χ4v) is 3.30.